The van der Waals surface area contributed by atoms with Crippen molar-refractivity contribution in [3.05, 3.63) is 70.8 Å². The highest BCUT2D eigenvalue weighted by molar-refractivity contribution is 6.30. The molecule has 0 bridgehead atoms. The summed E-state index contributed by atoms with van der Waals surface area (Å²) in [7, 11) is 0. The van der Waals surface area contributed by atoms with E-state index in [4.69, 9.17) is 0 Å². The molecule has 160 valence electrons. The Morgan fingerprint density at radius 2 is 1.06 bits per heavy atom. The van der Waals surface area contributed by atoms with Gasteiger partial charge in [0, 0.05) is 25.0 Å². The molecule has 0 aromatic heterocycles. The van der Waals surface area contributed by atoms with Crippen LogP contribution in [0.25, 0.3) is 0 Å². The highest BCUT2D eigenvalue weighted by Gasteiger charge is 2.21. The van der Waals surface area contributed by atoms with Gasteiger partial charge in [0.25, 0.3) is 11.8 Å². The molecule has 0 unspecified atom stereocenters. The normalized spacial score (nSPS) is 11.3. The van der Waals surface area contributed by atoms with Crippen molar-refractivity contribution < 1.29 is 19.2 Å². The average Bonchev–Trinajstić information content (AvgIpc) is 2.72. The van der Waals surface area contributed by atoms with Crippen molar-refractivity contribution in [3.8, 4) is 0 Å². The van der Waals surface area contributed by atoms with E-state index in [1.54, 1.807) is 48.5 Å². The van der Waals surface area contributed by atoms with Gasteiger partial charge in [0.1, 0.15) is 0 Å². The number of rotatable bonds is 5. The molecule has 8 heteroatoms. The van der Waals surface area contributed by atoms with E-state index >= 15 is 0 Å². The van der Waals surface area contributed by atoms with Crippen LogP contribution < -0.4 is 0 Å². The minimum Gasteiger partial charge on any atom is -0.273 e. The zero-order valence-electron chi connectivity index (χ0n) is 18.1. The Labute approximate surface area is 180 Å². The van der Waals surface area contributed by atoms with Crippen LogP contribution in [0.4, 0.5) is 0 Å². The lowest BCUT2D eigenvalue weighted by atomic mass is 10.1. The molecule has 2 aromatic rings. The number of imide groups is 2. The summed E-state index contributed by atoms with van der Waals surface area (Å²) in [5.74, 6) is -2.37. The van der Waals surface area contributed by atoms with Crippen LogP contribution in [0.5, 0.6) is 0 Å². The molecule has 0 aliphatic rings. The van der Waals surface area contributed by atoms with E-state index in [2.05, 4.69) is 10.2 Å². The van der Waals surface area contributed by atoms with Crippen molar-refractivity contribution in [2.24, 2.45) is 10.2 Å². The molecule has 0 atom stereocenters. The predicted molar refractivity (Wildman–Crippen MR) is 118 cm³/mol. The molecule has 31 heavy (non-hydrogen) atoms. The third-order valence-corrected chi connectivity index (χ3v) is 4.20. The second-order valence-corrected chi connectivity index (χ2v) is 6.99. The summed E-state index contributed by atoms with van der Waals surface area (Å²) in [6.07, 6.45) is 1.14. The first kappa shape index (κ1) is 23.3. The van der Waals surface area contributed by atoms with Crippen LogP contribution in [-0.4, -0.2) is 45.6 Å². The number of benzene rings is 2. The van der Waals surface area contributed by atoms with Crippen molar-refractivity contribution in [2.45, 2.75) is 34.6 Å². The molecule has 0 heterocycles. The fourth-order valence-corrected chi connectivity index (χ4v) is 2.50. The summed E-state index contributed by atoms with van der Waals surface area (Å²) in [5, 5.41) is 9.32. The molecule has 4 amide bonds. The van der Waals surface area contributed by atoms with E-state index in [1.807, 2.05) is 13.8 Å². The SMILES string of the molecule is CC(=O)N(/N=C/C(C)=N/N(C(C)=O)C(=O)c1ccc(C)cc1)C(=O)c1ccc(C)cc1. The molecule has 0 saturated carbocycles. The van der Waals surface area contributed by atoms with Gasteiger partial charge >= 0.3 is 0 Å². The Morgan fingerprint density at radius 1 is 0.677 bits per heavy atom. The van der Waals surface area contributed by atoms with E-state index in [1.165, 1.54) is 20.8 Å². The average molecular weight is 420 g/mol. The molecular weight excluding hydrogens is 396 g/mol. The Kier molecular flexibility index (Phi) is 7.68. The van der Waals surface area contributed by atoms with E-state index in [-0.39, 0.29) is 5.71 Å². The molecule has 2 aromatic carbocycles. The summed E-state index contributed by atoms with van der Waals surface area (Å²) >= 11 is 0. The lowest BCUT2D eigenvalue weighted by Gasteiger charge is -2.15. The lowest BCUT2D eigenvalue weighted by Crippen LogP contribution is -2.32. The zero-order valence-corrected chi connectivity index (χ0v) is 18.1. The molecule has 0 aliphatic carbocycles. The van der Waals surface area contributed by atoms with Gasteiger partial charge in [0.05, 0.1) is 11.9 Å². The zero-order chi connectivity index (χ0) is 23.1. The Bertz CT molecular complexity index is 1050. The summed E-state index contributed by atoms with van der Waals surface area (Å²) in [4.78, 5) is 49.1. The number of hydrogen-bond donors (Lipinski definition) is 0. The van der Waals surface area contributed by atoms with E-state index in [0.29, 0.717) is 21.1 Å². The smallest absolute Gasteiger partial charge is 0.273 e. The number of amides is 4. The minimum atomic E-state index is -0.601. The van der Waals surface area contributed by atoms with Crippen molar-refractivity contribution in [1.82, 2.24) is 10.0 Å². The summed E-state index contributed by atoms with van der Waals surface area (Å²) in [6, 6.07) is 13.4. The van der Waals surface area contributed by atoms with Gasteiger partial charge in [0.15, 0.2) is 0 Å². The Morgan fingerprint density at radius 3 is 1.45 bits per heavy atom. The number of carbonyl (C=O) groups excluding carboxylic acids is 4. The fourth-order valence-electron chi connectivity index (χ4n) is 2.50. The standard InChI is InChI=1S/C23H24N4O4/c1-15-6-10-20(11-7-15)22(30)26(18(4)28)24-14-17(3)25-27(19(5)29)23(31)21-12-8-16(2)9-13-21/h6-14H,1-5H3/b24-14+,25-17+. The molecule has 0 N–H and O–H groups in total. The first-order valence-electron chi connectivity index (χ1n) is 9.52. The van der Waals surface area contributed by atoms with Crippen LogP contribution in [0, 0.1) is 13.8 Å². The van der Waals surface area contributed by atoms with Gasteiger partial charge in [0.2, 0.25) is 11.8 Å². The maximum Gasteiger partial charge on any atom is 0.281 e. The van der Waals surface area contributed by atoms with Crippen LogP contribution in [0.2, 0.25) is 0 Å². The largest absolute Gasteiger partial charge is 0.281 e. The minimum absolute atomic E-state index is 0.151. The maximum absolute atomic E-state index is 12.6. The number of carbonyl (C=O) groups is 4. The van der Waals surface area contributed by atoms with Crippen LogP contribution >= 0.6 is 0 Å². The fraction of sp³-hybridized carbons (Fsp3) is 0.217. The quantitative estimate of drug-likeness (QED) is 0.547. The van der Waals surface area contributed by atoms with Crippen molar-refractivity contribution in [3.63, 3.8) is 0 Å². The number of nitrogens with zero attached hydrogens (tertiary/aromatic N) is 4. The van der Waals surface area contributed by atoms with Crippen molar-refractivity contribution in [2.75, 3.05) is 0 Å². The van der Waals surface area contributed by atoms with Crippen LogP contribution in [0.3, 0.4) is 0 Å². The van der Waals surface area contributed by atoms with Crippen LogP contribution in [0.1, 0.15) is 52.6 Å². The van der Waals surface area contributed by atoms with Gasteiger partial charge in [-0.2, -0.15) is 20.2 Å². The number of hydrogen-bond acceptors (Lipinski definition) is 6. The van der Waals surface area contributed by atoms with Crippen LogP contribution in [-0.2, 0) is 9.59 Å². The number of hydrazone groups is 2. The second-order valence-electron chi connectivity index (χ2n) is 6.99. The monoisotopic (exact) mass is 420 g/mol. The molecule has 0 saturated heterocycles. The Hall–Kier alpha value is -3.94. The highest BCUT2D eigenvalue weighted by Crippen LogP contribution is 2.10. The number of aryl methyl sites for hydroxylation is 2. The van der Waals surface area contributed by atoms with E-state index in [0.717, 1.165) is 17.3 Å². The van der Waals surface area contributed by atoms with Gasteiger partial charge in [-0.1, -0.05) is 35.4 Å². The first-order valence-corrected chi connectivity index (χ1v) is 9.52. The van der Waals surface area contributed by atoms with Crippen molar-refractivity contribution in [1.29, 1.82) is 0 Å². The molecule has 0 aliphatic heterocycles. The molecule has 0 fully saturated rings. The molecule has 0 radical (unpaired) electrons. The molecule has 8 nitrogen and oxygen atoms in total. The van der Waals surface area contributed by atoms with E-state index < -0.39 is 23.6 Å². The van der Waals surface area contributed by atoms with Gasteiger partial charge < -0.3 is 0 Å². The summed E-state index contributed by atoms with van der Waals surface area (Å²) < 4.78 is 0. The first-order chi connectivity index (χ1) is 14.6. The van der Waals surface area contributed by atoms with Gasteiger partial charge in [-0.05, 0) is 45.0 Å². The lowest BCUT2D eigenvalue weighted by molar-refractivity contribution is -0.127. The topological polar surface area (TPSA) is 99.5 Å². The third kappa shape index (κ3) is 6.27. The Balaban J connectivity index is 2.25. The molecular formula is C23H24N4O4. The van der Waals surface area contributed by atoms with Gasteiger partial charge in [-0.25, -0.2) is 0 Å². The maximum atomic E-state index is 12.6. The van der Waals surface area contributed by atoms with E-state index in [9.17, 15) is 19.2 Å². The van der Waals surface area contributed by atoms with Gasteiger partial charge in [-0.15, -0.1) is 0 Å². The molecule has 0 spiro atoms. The highest BCUT2D eigenvalue weighted by atomic mass is 16.2. The third-order valence-electron chi connectivity index (χ3n) is 4.20. The predicted octanol–water partition coefficient (Wildman–Crippen LogP) is 3.34. The second kappa shape index (κ2) is 10.2. The summed E-state index contributed by atoms with van der Waals surface area (Å²) in [6.45, 7) is 7.68. The summed E-state index contributed by atoms with van der Waals surface area (Å²) in [5.41, 5.74) is 2.69. The van der Waals surface area contributed by atoms with Crippen molar-refractivity contribution >= 4 is 35.6 Å². The van der Waals surface area contributed by atoms with Crippen LogP contribution in [0.15, 0.2) is 58.7 Å². The van der Waals surface area contributed by atoms with Gasteiger partial charge in [-0.3, -0.25) is 19.2 Å². The molecule has 2 rings (SSSR count).